The molecule has 88 valence electrons. The number of hydrogen-bond donors (Lipinski definition) is 1. The van der Waals surface area contributed by atoms with E-state index in [0.29, 0.717) is 5.88 Å². The molecule has 0 aliphatic carbocycles. The van der Waals surface area contributed by atoms with E-state index in [-0.39, 0.29) is 0 Å². The molecule has 0 unspecified atom stereocenters. The third-order valence-corrected chi connectivity index (χ3v) is 2.61. The van der Waals surface area contributed by atoms with Gasteiger partial charge in [0.15, 0.2) is 0 Å². The Morgan fingerprint density at radius 2 is 1.94 bits per heavy atom. The predicted octanol–water partition coefficient (Wildman–Crippen LogP) is 3.36. The number of nitrogens with zero attached hydrogens (tertiary/aromatic N) is 1. The Morgan fingerprint density at radius 1 is 1.18 bits per heavy atom. The molecule has 1 aromatic carbocycles. The van der Waals surface area contributed by atoms with Crippen LogP contribution in [0.25, 0.3) is 0 Å². The molecule has 0 saturated carbocycles. The van der Waals surface area contributed by atoms with E-state index in [0.717, 1.165) is 17.3 Å². The molecule has 0 aliphatic rings. The molecule has 2 aromatic rings. The highest BCUT2D eigenvalue weighted by Gasteiger charge is 1.96. The first-order valence-corrected chi connectivity index (χ1v) is 5.64. The third kappa shape index (κ3) is 3.36. The summed E-state index contributed by atoms with van der Waals surface area (Å²) >= 11 is 5.82. The van der Waals surface area contributed by atoms with Gasteiger partial charge in [-0.3, -0.25) is 0 Å². The summed E-state index contributed by atoms with van der Waals surface area (Å²) in [4.78, 5) is 4.12. The maximum absolute atomic E-state index is 5.82. The summed E-state index contributed by atoms with van der Waals surface area (Å²) in [5, 5.41) is 4.02. The molecule has 17 heavy (non-hydrogen) atoms. The number of benzene rings is 1. The maximum Gasteiger partial charge on any atom is 0.213 e. The largest absolute Gasteiger partial charge is 0.481 e. The Labute approximate surface area is 105 Å². The van der Waals surface area contributed by atoms with Crippen LogP contribution in [0.4, 0.5) is 5.69 Å². The monoisotopic (exact) mass is 248 g/mol. The molecule has 0 fully saturated rings. The van der Waals surface area contributed by atoms with Crippen molar-refractivity contribution >= 4 is 17.3 Å². The van der Waals surface area contributed by atoms with E-state index in [1.165, 1.54) is 5.56 Å². The SMILES string of the molecule is COc1ccc(NCc2ccc(Cl)cc2)cn1. The normalized spacial score (nSPS) is 10.0. The lowest BCUT2D eigenvalue weighted by molar-refractivity contribution is 0.398. The third-order valence-electron chi connectivity index (χ3n) is 2.36. The standard InChI is InChI=1S/C13H13ClN2O/c1-17-13-7-6-12(9-16-13)15-8-10-2-4-11(14)5-3-10/h2-7,9,15H,8H2,1H3. The van der Waals surface area contributed by atoms with Crippen LogP contribution in [-0.4, -0.2) is 12.1 Å². The highest BCUT2D eigenvalue weighted by atomic mass is 35.5. The molecule has 0 radical (unpaired) electrons. The van der Waals surface area contributed by atoms with Gasteiger partial charge >= 0.3 is 0 Å². The fraction of sp³-hybridized carbons (Fsp3) is 0.154. The number of hydrogen-bond acceptors (Lipinski definition) is 3. The minimum absolute atomic E-state index is 0.613. The number of aromatic nitrogens is 1. The van der Waals surface area contributed by atoms with Crippen LogP contribution in [-0.2, 0) is 6.54 Å². The van der Waals surface area contributed by atoms with Gasteiger partial charge in [-0.15, -0.1) is 0 Å². The fourth-order valence-corrected chi connectivity index (χ4v) is 1.54. The molecule has 0 saturated heterocycles. The molecule has 1 aromatic heterocycles. The lowest BCUT2D eigenvalue weighted by Gasteiger charge is -2.06. The summed E-state index contributed by atoms with van der Waals surface area (Å²) in [7, 11) is 1.60. The molecule has 0 amide bonds. The van der Waals surface area contributed by atoms with Gasteiger partial charge in [-0.1, -0.05) is 23.7 Å². The second-order valence-electron chi connectivity index (χ2n) is 3.57. The lowest BCUT2D eigenvalue weighted by Crippen LogP contribution is -1.99. The number of anilines is 1. The van der Waals surface area contributed by atoms with Crippen molar-refractivity contribution in [1.82, 2.24) is 4.98 Å². The summed E-state index contributed by atoms with van der Waals surface area (Å²) in [6.45, 7) is 0.741. The van der Waals surface area contributed by atoms with Gasteiger partial charge in [-0.2, -0.15) is 0 Å². The molecular weight excluding hydrogens is 236 g/mol. The number of ether oxygens (including phenoxy) is 1. The average Bonchev–Trinajstić information content (AvgIpc) is 2.39. The predicted molar refractivity (Wildman–Crippen MR) is 69.6 cm³/mol. The zero-order chi connectivity index (χ0) is 12.1. The number of rotatable bonds is 4. The van der Waals surface area contributed by atoms with Crippen molar-refractivity contribution in [3.05, 3.63) is 53.2 Å². The molecule has 2 rings (SSSR count). The van der Waals surface area contributed by atoms with E-state index < -0.39 is 0 Å². The summed E-state index contributed by atoms with van der Waals surface area (Å²) < 4.78 is 4.99. The second-order valence-corrected chi connectivity index (χ2v) is 4.01. The van der Waals surface area contributed by atoms with Crippen molar-refractivity contribution in [1.29, 1.82) is 0 Å². The average molecular weight is 249 g/mol. The topological polar surface area (TPSA) is 34.1 Å². The van der Waals surface area contributed by atoms with Crippen LogP contribution in [0.3, 0.4) is 0 Å². The molecule has 1 heterocycles. The van der Waals surface area contributed by atoms with E-state index in [1.54, 1.807) is 13.3 Å². The van der Waals surface area contributed by atoms with Crippen LogP contribution in [0.2, 0.25) is 5.02 Å². The van der Waals surface area contributed by atoms with Crippen molar-refractivity contribution in [3.8, 4) is 5.88 Å². The fourth-order valence-electron chi connectivity index (χ4n) is 1.41. The quantitative estimate of drug-likeness (QED) is 0.901. The smallest absolute Gasteiger partial charge is 0.213 e. The van der Waals surface area contributed by atoms with Gasteiger partial charge in [0.1, 0.15) is 0 Å². The van der Waals surface area contributed by atoms with Crippen LogP contribution in [0.5, 0.6) is 5.88 Å². The Balaban J connectivity index is 1.95. The van der Waals surface area contributed by atoms with E-state index in [2.05, 4.69) is 10.3 Å². The van der Waals surface area contributed by atoms with Crippen molar-refractivity contribution in [2.75, 3.05) is 12.4 Å². The van der Waals surface area contributed by atoms with Gasteiger partial charge in [-0.05, 0) is 23.8 Å². The Morgan fingerprint density at radius 3 is 2.53 bits per heavy atom. The van der Waals surface area contributed by atoms with Crippen molar-refractivity contribution in [3.63, 3.8) is 0 Å². The van der Waals surface area contributed by atoms with Gasteiger partial charge in [0, 0.05) is 17.6 Å². The molecule has 0 bridgehead atoms. The van der Waals surface area contributed by atoms with Crippen LogP contribution in [0.1, 0.15) is 5.56 Å². The molecule has 0 aliphatic heterocycles. The molecule has 0 atom stereocenters. The zero-order valence-electron chi connectivity index (χ0n) is 9.48. The number of methoxy groups -OCH3 is 1. The highest BCUT2D eigenvalue weighted by molar-refractivity contribution is 6.30. The summed E-state index contributed by atoms with van der Waals surface area (Å²) in [5.41, 5.74) is 2.13. The van der Waals surface area contributed by atoms with E-state index in [4.69, 9.17) is 16.3 Å². The summed E-state index contributed by atoms with van der Waals surface area (Å²) in [5.74, 6) is 0.613. The van der Waals surface area contributed by atoms with Gasteiger partial charge in [0.2, 0.25) is 5.88 Å². The Bertz CT molecular complexity index is 468. The molecule has 4 heteroatoms. The summed E-state index contributed by atoms with van der Waals surface area (Å²) in [6, 6.07) is 11.5. The zero-order valence-corrected chi connectivity index (χ0v) is 10.2. The first kappa shape index (κ1) is 11.7. The highest BCUT2D eigenvalue weighted by Crippen LogP contribution is 2.13. The van der Waals surface area contributed by atoms with E-state index >= 15 is 0 Å². The Kier molecular flexibility index (Phi) is 3.83. The first-order valence-electron chi connectivity index (χ1n) is 5.26. The number of pyridine rings is 1. The van der Waals surface area contributed by atoms with E-state index in [1.807, 2.05) is 36.4 Å². The minimum Gasteiger partial charge on any atom is -0.481 e. The first-order chi connectivity index (χ1) is 8.28. The van der Waals surface area contributed by atoms with Crippen molar-refractivity contribution in [2.24, 2.45) is 0 Å². The van der Waals surface area contributed by atoms with Crippen LogP contribution >= 0.6 is 11.6 Å². The van der Waals surface area contributed by atoms with Gasteiger partial charge in [-0.25, -0.2) is 4.98 Å². The second kappa shape index (κ2) is 5.55. The van der Waals surface area contributed by atoms with Gasteiger partial charge in [0.05, 0.1) is 19.0 Å². The van der Waals surface area contributed by atoms with Crippen LogP contribution in [0.15, 0.2) is 42.6 Å². The van der Waals surface area contributed by atoms with Crippen LogP contribution in [0, 0.1) is 0 Å². The maximum atomic E-state index is 5.82. The van der Waals surface area contributed by atoms with Crippen LogP contribution < -0.4 is 10.1 Å². The molecule has 3 nitrogen and oxygen atoms in total. The lowest BCUT2D eigenvalue weighted by atomic mass is 10.2. The number of halogens is 1. The number of nitrogens with one attached hydrogen (secondary N) is 1. The van der Waals surface area contributed by atoms with Gasteiger partial charge in [0.25, 0.3) is 0 Å². The van der Waals surface area contributed by atoms with E-state index in [9.17, 15) is 0 Å². The molecule has 1 N–H and O–H groups in total. The molecular formula is C13H13ClN2O. The molecule has 0 spiro atoms. The van der Waals surface area contributed by atoms with Gasteiger partial charge < -0.3 is 10.1 Å². The Hall–Kier alpha value is -1.74. The summed E-state index contributed by atoms with van der Waals surface area (Å²) in [6.07, 6.45) is 1.74. The van der Waals surface area contributed by atoms with Crippen molar-refractivity contribution in [2.45, 2.75) is 6.54 Å². The van der Waals surface area contributed by atoms with Crippen molar-refractivity contribution < 1.29 is 4.74 Å². The minimum atomic E-state index is 0.613.